The molecule has 0 radical (unpaired) electrons. The Bertz CT molecular complexity index is 508. The van der Waals surface area contributed by atoms with E-state index in [0.717, 1.165) is 0 Å². The average Bonchev–Trinajstić information content (AvgIpc) is 2.81. The molecule has 1 amide bonds. The van der Waals surface area contributed by atoms with E-state index in [1.165, 1.54) is 12.4 Å². The maximum atomic E-state index is 11.9. The lowest BCUT2D eigenvalue weighted by Gasteiger charge is -2.13. The lowest BCUT2D eigenvalue weighted by atomic mass is 10.3. The zero-order valence-corrected chi connectivity index (χ0v) is 9.25. The highest BCUT2D eigenvalue weighted by Gasteiger charge is 2.16. The van der Waals surface area contributed by atoms with E-state index in [1.54, 1.807) is 19.0 Å². The third kappa shape index (κ3) is 2.33. The highest BCUT2D eigenvalue weighted by Crippen LogP contribution is 2.12. The number of carbonyl (C=O) groups excluding carboxylic acids is 1. The second-order valence-corrected chi connectivity index (χ2v) is 3.31. The normalized spacial score (nSPS) is 10.0. The fraction of sp³-hybridized carbons (Fsp3) is 0.250. The van der Waals surface area contributed by atoms with Crippen LogP contribution in [-0.4, -0.2) is 50.6 Å². The summed E-state index contributed by atoms with van der Waals surface area (Å²) in [5, 5.41) is 15.2. The molecule has 0 fully saturated rings. The topological polar surface area (TPSA) is 113 Å². The Morgan fingerprint density at radius 2 is 2.12 bits per heavy atom. The molecule has 9 nitrogen and oxygen atoms in total. The number of aromatic nitrogens is 6. The van der Waals surface area contributed by atoms with E-state index in [4.69, 9.17) is 0 Å². The van der Waals surface area contributed by atoms with Gasteiger partial charge in [0.15, 0.2) is 11.5 Å². The number of aromatic amines is 1. The molecule has 0 aliphatic rings. The zero-order valence-electron chi connectivity index (χ0n) is 9.25. The molecule has 2 aromatic rings. The first kappa shape index (κ1) is 10.9. The van der Waals surface area contributed by atoms with Crippen molar-refractivity contribution >= 4 is 17.7 Å². The molecule has 2 heterocycles. The number of hydrogen-bond donors (Lipinski definition) is 2. The third-order valence-corrected chi connectivity index (χ3v) is 1.89. The molecular formula is C8H10N8O. The van der Waals surface area contributed by atoms with Crippen molar-refractivity contribution in [3.8, 4) is 0 Å². The van der Waals surface area contributed by atoms with Crippen LogP contribution in [0.25, 0.3) is 0 Å². The van der Waals surface area contributed by atoms with Crippen LogP contribution >= 0.6 is 0 Å². The quantitative estimate of drug-likeness (QED) is 0.722. The van der Waals surface area contributed by atoms with E-state index in [1.807, 2.05) is 0 Å². The molecule has 2 rings (SSSR count). The molecule has 2 N–H and O–H groups in total. The van der Waals surface area contributed by atoms with Crippen LogP contribution in [0.2, 0.25) is 0 Å². The van der Waals surface area contributed by atoms with Crippen LogP contribution < -0.4 is 10.2 Å². The largest absolute Gasteiger partial charge is 0.361 e. The number of amides is 1. The van der Waals surface area contributed by atoms with Gasteiger partial charge in [-0.25, -0.2) is 9.97 Å². The predicted octanol–water partition coefficient (Wildman–Crippen LogP) is -0.692. The highest BCUT2D eigenvalue weighted by molar-refractivity contribution is 6.05. The molecule has 0 aliphatic carbocycles. The molecule has 0 aliphatic heterocycles. The Hall–Kier alpha value is -2.58. The number of hydrogen-bond acceptors (Lipinski definition) is 7. The number of tetrazole rings is 1. The summed E-state index contributed by atoms with van der Waals surface area (Å²) in [7, 11) is 3.55. The Labute approximate surface area is 96.3 Å². The van der Waals surface area contributed by atoms with Crippen molar-refractivity contribution in [1.29, 1.82) is 0 Å². The van der Waals surface area contributed by atoms with Crippen LogP contribution in [0.1, 0.15) is 10.5 Å². The van der Waals surface area contributed by atoms with Crippen LogP contribution in [0.4, 0.5) is 11.8 Å². The fourth-order valence-corrected chi connectivity index (χ4v) is 1.19. The van der Waals surface area contributed by atoms with Gasteiger partial charge in [0.2, 0.25) is 0 Å². The Morgan fingerprint density at radius 3 is 2.76 bits per heavy atom. The second-order valence-electron chi connectivity index (χ2n) is 3.31. The van der Waals surface area contributed by atoms with Crippen molar-refractivity contribution in [3.05, 3.63) is 18.1 Å². The van der Waals surface area contributed by atoms with Gasteiger partial charge in [-0.15, -0.1) is 5.10 Å². The minimum Gasteiger partial charge on any atom is -0.361 e. The van der Waals surface area contributed by atoms with Crippen molar-refractivity contribution < 1.29 is 4.79 Å². The third-order valence-electron chi connectivity index (χ3n) is 1.89. The summed E-state index contributed by atoms with van der Waals surface area (Å²) >= 11 is 0. The maximum Gasteiger partial charge on any atom is 0.280 e. The Morgan fingerprint density at radius 1 is 1.35 bits per heavy atom. The SMILES string of the molecule is CN(C)c1nccnc1C(=O)Nc1nn[nH]n1. The lowest BCUT2D eigenvalue weighted by Crippen LogP contribution is -2.21. The number of nitrogens with zero attached hydrogens (tertiary/aromatic N) is 6. The summed E-state index contributed by atoms with van der Waals surface area (Å²) in [5.41, 5.74) is 0.197. The molecule has 0 atom stereocenters. The summed E-state index contributed by atoms with van der Waals surface area (Å²) in [6, 6.07) is 0. The monoisotopic (exact) mass is 234 g/mol. The van der Waals surface area contributed by atoms with Gasteiger partial charge in [0.25, 0.3) is 11.9 Å². The van der Waals surface area contributed by atoms with E-state index in [9.17, 15) is 4.79 Å². The first-order valence-corrected chi connectivity index (χ1v) is 4.71. The lowest BCUT2D eigenvalue weighted by molar-refractivity contribution is 0.102. The van der Waals surface area contributed by atoms with Crippen LogP contribution in [0.15, 0.2) is 12.4 Å². The van der Waals surface area contributed by atoms with Gasteiger partial charge in [0.1, 0.15) is 0 Å². The van der Waals surface area contributed by atoms with E-state index in [0.29, 0.717) is 5.82 Å². The molecule has 17 heavy (non-hydrogen) atoms. The predicted molar refractivity (Wildman–Crippen MR) is 58.5 cm³/mol. The van der Waals surface area contributed by atoms with E-state index in [2.05, 4.69) is 35.9 Å². The van der Waals surface area contributed by atoms with Gasteiger partial charge in [-0.05, 0) is 5.21 Å². The number of nitrogens with one attached hydrogen (secondary N) is 2. The summed E-state index contributed by atoms with van der Waals surface area (Å²) in [6.07, 6.45) is 2.96. The highest BCUT2D eigenvalue weighted by atomic mass is 16.2. The summed E-state index contributed by atoms with van der Waals surface area (Å²) < 4.78 is 0. The molecule has 0 aromatic carbocycles. The molecular weight excluding hydrogens is 224 g/mol. The maximum absolute atomic E-state index is 11.9. The molecule has 0 saturated heterocycles. The van der Waals surface area contributed by atoms with Crippen molar-refractivity contribution in [1.82, 2.24) is 30.6 Å². The average molecular weight is 234 g/mol. The van der Waals surface area contributed by atoms with Crippen molar-refractivity contribution in [2.45, 2.75) is 0 Å². The van der Waals surface area contributed by atoms with E-state index in [-0.39, 0.29) is 11.6 Å². The first-order valence-electron chi connectivity index (χ1n) is 4.71. The Balaban J connectivity index is 2.25. The van der Waals surface area contributed by atoms with Crippen LogP contribution in [0.5, 0.6) is 0 Å². The molecule has 2 aromatic heterocycles. The van der Waals surface area contributed by atoms with Crippen LogP contribution in [-0.2, 0) is 0 Å². The van der Waals surface area contributed by atoms with Crippen LogP contribution in [0.3, 0.4) is 0 Å². The summed E-state index contributed by atoms with van der Waals surface area (Å²) in [4.78, 5) is 21.6. The number of rotatable bonds is 3. The zero-order chi connectivity index (χ0) is 12.3. The molecule has 0 bridgehead atoms. The number of anilines is 2. The number of H-pyrrole nitrogens is 1. The Kier molecular flexibility index (Phi) is 2.90. The van der Waals surface area contributed by atoms with Crippen molar-refractivity contribution in [2.75, 3.05) is 24.3 Å². The van der Waals surface area contributed by atoms with E-state index >= 15 is 0 Å². The summed E-state index contributed by atoms with van der Waals surface area (Å²) in [6.45, 7) is 0. The molecule has 0 spiro atoms. The minimum absolute atomic E-state index is 0.0883. The fourth-order valence-electron chi connectivity index (χ4n) is 1.19. The summed E-state index contributed by atoms with van der Waals surface area (Å²) in [5.74, 6) is 0.113. The van der Waals surface area contributed by atoms with Gasteiger partial charge in [-0.3, -0.25) is 10.1 Å². The molecule has 88 valence electrons. The minimum atomic E-state index is -0.441. The van der Waals surface area contributed by atoms with Gasteiger partial charge >= 0.3 is 0 Å². The van der Waals surface area contributed by atoms with Gasteiger partial charge in [0, 0.05) is 26.5 Å². The van der Waals surface area contributed by atoms with Crippen LogP contribution in [0, 0.1) is 0 Å². The molecule has 9 heteroatoms. The first-order chi connectivity index (χ1) is 8.18. The molecule has 0 saturated carbocycles. The van der Waals surface area contributed by atoms with E-state index < -0.39 is 5.91 Å². The van der Waals surface area contributed by atoms with Gasteiger partial charge < -0.3 is 4.90 Å². The standard InChI is InChI=1S/C8H10N8O/c1-16(2)6-5(9-3-4-10-6)7(17)11-8-12-14-15-13-8/h3-4H,1-2H3,(H2,11,12,13,14,15,17). The van der Waals surface area contributed by atoms with Crippen molar-refractivity contribution in [2.24, 2.45) is 0 Å². The van der Waals surface area contributed by atoms with Gasteiger partial charge in [-0.2, -0.15) is 5.21 Å². The van der Waals surface area contributed by atoms with Crippen molar-refractivity contribution in [3.63, 3.8) is 0 Å². The second kappa shape index (κ2) is 4.51. The smallest absolute Gasteiger partial charge is 0.280 e. The molecule has 0 unspecified atom stereocenters. The van der Waals surface area contributed by atoms with Gasteiger partial charge in [-0.1, -0.05) is 5.10 Å². The van der Waals surface area contributed by atoms with Gasteiger partial charge in [0.05, 0.1) is 0 Å². The number of carbonyl (C=O) groups is 1.